The lowest BCUT2D eigenvalue weighted by Crippen LogP contribution is -2.33. The Morgan fingerprint density at radius 3 is 2.78 bits per heavy atom. The van der Waals surface area contributed by atoms with E-state index in [1.165, 1.54) is 0 Å². The Morgan fingerprint density at radius 2 is 1.91 bits per heavy atom. The van der Waals surface area contributed by atoms with Crippen LogP contribution < -0.4 is 15.4 Å². The summed E-state index contributed by atoms with van der Waals surface area (Å²) in [4.78, 5) is 31.7. The highest BCUT2D eigenvalue weighted by Gasteiger charge is 2.19. The number of amides is 2. The highest BCUT2D eigenvalue weighted by atomic mass is 16.5. The third-order valence-electron chi connectivity index (χ3n) is 5.56. The molecule has 2 heterocycles. The van der Waals surface area contributed by atoms with Crippen molar-refractivity contribution < 1.29 is 14.3 Å². The number of carbonyl (C=O) groups is 2. The first-order valence-corrected chi connectivity index (χ1v) is 10.5. The minimum absolute atomic E-state index is 0.0193. The molecule has 1 unspecified atom stereocenters. The van der Waals surface area contributed by atoms with Crippen molar-refractivity contribution in [1.82, 2.24) is 15.3 Å². The second-order valence-corrected chi connectivity index (χ2v) is 7.75. The number of nitrogens with one attached hydrogen (secondary N) is 3. The lowest BCUT2D eigenvalue weighted by molar-refractivity contribution is -0.123. The third-order valence-corrected chi connectivity index (χ3v) is 5.56. The van der Waals surface area contributed by atoms with Crippen molar-refractivity contribution in [3.8, 4) is 5.75 Å². The zero-order valence-corrected chi connectivity index (χ0v) is 17.3. The molecule has 5 rings (SSSR count). The van der Waals surface area contributed by atoms with Crippen LogP contribution in [0.5, 0.6) is 5.75 Å². The summed E-state index contributed by atoms with van der Waals surface area (Å²) in [7, 11) is 0. The lowest BCUT2D eigenvalue weighted by Gasteiger charge is -2.21. The van der Waals surface area contributed by atoms with Gasteiger partial charge in [-0.15, -0.1) is 0 Å². The summed E-state index contributed by atoms with van der Waals surface area (Å²) in [5, 5.41) is 5.93. The Hall–Kier alpha value is -4.13. The summed E-state index contributed by atoms with van der Waals surface area (Å²) in [5.74, 6) is 0.394. The number of benzene rings is 3. The molecule has 0 spiro atoms. The quantitative estimate of drug-likeness (QED) is 0.438. The molecule has 1 aliphatic heterocycles. The standard InChI is InChI=1S/C25H22N4O3/c30-23-11-7-17-12-19(8-10-20(17)28-23)32-14-24(31)29-25(16-4-2-1-3-5-16)18-6-9-21-22(13-18)27-15-26-21/h1-6,8-10,12-13,15,25H,7,11,14H2,(H,26,27)(H,28,30)(H,29,31). The molecule has 1 atom stereocenters. The van der Waals surface area contributed by atoms with Crippen LogP contribution >= 0.6 is 0 Å². The van der Waals surface area contributed by atoms with Crippen molar-refractivity contribution in [2.24, 2.45) is 0 Å². The van der Waals surface area contributed by atoms with Crippen LogP contribution in [0, 0.1) is 0 Å². The molecule has 2 amide bonds. The van der Waals surface area contributed by atoms with Crippen LogP contribution in [-0.4, -0.2) is 28.4 Å². The van der Waals surface area contributed by atoms with E-state index in [-0.39, 0.29) is 24.5 Å². The minimum atomic E-state index is -0.321. The number of ether oxygens (including phenoxy) is 1. The number of fused-ring (bicyclic) bond motifs is 2. The maximum atomic E-state index is 12.8. The monoisotopic (exact) mass is 426 g/mol. The number of hydrogen-bond acceptors (Lipinski definition) is 4. The molecule has 0 saturated heterocycles. The number of aryl methyl sites for hydroxylation is 1. The summed E-state index contributed by atoms with van der Waals surface area (Å²) < 4.78 is 5.75. The number of imidazole rings is 1. The van der Waals surface area contributed by atoms with Gasteiger partial charge in [-0.05, 0) is 53.4 Å². The average molecular weight is 426 g/mol. The van der Waals surface area contributed by atoms with Crippen LogP contribution in [0.4, 0.5) is 5.69 Å². The maximum Gasteiger partial charge on any atom is 0.258 e. The predicted molar refractivity (Wildman–Crippen MR) is 121 cm³/mol. The summed E-state index contributed by atoms with van der Waals surface area (Å²) in [6.07, 6.45) is 2.77. The summed E-state index contributed by atoms with van der Waals surface area (Å²) >= 11 is 0. The van der Waals surface area contributed by atoms with Gasteiger partial charge in [-0.2, -0.15) is 0 Å². The number of aromatic nitrogens is 2. The highest BCUT2D eigenvalue weighted by molar-refractivity contribution is 5.94. The maximum absolute atomic E-state index is 12.8. The van der Waals surface area contributed by atoms with Gasteiger partial charge in [-0.1, -0.05) is 36.4 Å². The average Bonchev–Trinajstić information content (AvgIpc) is 3.29. The minimum Gasteiger partial charge on any atom is -0.484 e. The van der Waals surface area contributed by atoms with E-state index in [0.29, 0.717) is 18.6 Å². The molecule has 1 aromatic heterocycles. The zero-order valence-electron chi connectivity index (χ0n) is 17.3. The van der Waals surface area contributed by atoms with Gasteiger partial charge in [0.25, 0.3) is 5.91 Å². The van der Waals surface area contributed by atoms with Gasteiger partial charge in [0.1, 0.15) is 5.75 Å². The van der Waals surface area contributed by atoms with E-state index < -0.39 is 0 Å². The van der Waals surface area contributed by atoms with Gasteiger partial charge in [0.15, 0.2) is 6.61 Å². The number of nitrogens with zero attached hydrogens (tertiary/aromatic N) is 1. The second-order valence-electron chi connectivity index (χ2n) is 7.75. The van der Waals surface area contributed by atoms with E-state index in [4.69, 9.17) is 4.74 Å². The van der Waals surface area contributed by atoms with E-state index in [1.807, 2.05) is 60.7 Å². The summed E-state index contributed by atoms with van der Waals surface area (Å²) in [6.45, 7) is -0.110. The fourth-order valence-corrected chi connectivity index (χ4v) is 3.94. The molecule has 1 aliphatic rings. The van der Waals surface area contributed by atoms with Crippen LogP contribution in [0.1, 0.15) is 29.2 Å². The van der Waals surface area contributed by atoms with Crippen molar-refractivity contribution >= 4 is 28.5 Å². The first-order valence-electron chi connectivity index (χ1n) is 10.5. The van der Waals surface area contributed by atoms with Gasteiger partial charge in [-0.3, -0.25) is 9.59 Å². The van der Waals surface area contributed by atoms with Gasteiger partial charge >= 0.3 is 0 Å². The fourth-order valence-electron chi connectivity index (χ4n) is 3.94. The number of aromatic amines is 1. The molecule has 7 heteroatoms. The molecule has 7 nitrogen and oxygen atoms in total. The molecule has 0 radical (unpaired) electrons. The normalized spacial score (nSPS) is 13.8. The van der Waals surface area contributed by atoms with Crippen molar-refractivity contribution in [2.45, 2.75) is 18.9 Å². The Bertz CT molecular complexity index is 1280. The third kappa shape index (κ3) is 4.18. The van der Waals surface area contributed by atoms with Gasteiger partial charge in [0.2, 0.25) is 5.91 Å². The van der Waals surface area contributed by atoms with Gasteiger partial charge in [-0.25, -0.2) is 4.98 Å². The zero-order chi connectivity index (χ0) is 21.9. The number of hydrogen-bond donors (Lipinski definition) is 3. The Labute approximate surface area is 184 Å². The number of rotatable bonds is 6. The summed E-state index contributed by atoms with van der Waals surface area (Å²) in [5.41, 5.74) is 5.53. The highest BCUT2D eigenvalue weighted by Crippen LogP contribution is 2.27. The van der Waals surface area contributed by atoms with Gasteiger partial charge < -0.3 is 20.4 Å². The van der Waals surface area contributed by atoms with Crippen LogP contribution in [0.15, 0.2) is 73.1 Å². The van der Waals surface area contributed by atoms with Crippen molar-refractivity contribution in [3.05, 3.63) is 89.7 Å². The van der Waals surface area contributed by atoms with Crippen molar-refractivity contribution in [1.29, 1.82) is 0 Å². The molecule has 3 N–H and O–H groups in total. The molecule has 0 fully saturated rings. The van der Waals surface area contributed by atoms with Crippen LogP contribution in [0.25, 0.3) is 11.0 Å². The van der Waals surface area contributed by atoms with E-state index in [0.717, 1.165) is 33.4 Å². The van der Waals surface area contributed by atoms with Crippen LogP contribution in [-0.2, 0) is 16.0 Å². The molecule has 0 bridgehead atoms. The molecule has 3 aromatic carbocycles. The van der Waals surface area contributed by atoms with E-state index in [1.54, 1.807) is 12.4 Å². The number of anilines is 1. The van der Waals surface area contributed by atoms with Crippen LogP contribution in [0.3, 0.4) is 0 Å². The number of carbonyl (C=O) groups excluding carboxylic acids is 2. The molecule has 4 aromatic rings. The van der Waals surface area contributed by atoms with Gasteiger partial charge in [0, 0.05) is 12.1 Å². The van der Waals surface area contributed by atoms with Crippen molar-refractivity contribution in [2.75, 3.05) is 11.9 Å². The first-order chi connectivity index (χ1) is 15.7. The fraction of sp³-hybridized carbons (Fsp3) is 0.160. The van der Waals surface area contributed by atoms with Crippen LogP contribution in [0.2, 0.25) is 0 Å². The Balaban J connectivity index is 1.31. The molecule has 160 valence electrons. The van der Waals surface area contributed by atoms with E-state index in [9.17, 15) is 9.59 Å². The molecule has 32 heavy (non-hydrogen) atoms. The predicted octanol–water partition coefficient (Wildman–Crippen LogP) is 3.73. The van der Waals surface area contributed by atoms with E-state index in [2.05, 4.69) is 20.6 Å². The second kappa shape index (κ2) is 8.55. The Morgan fingerprint density at radius 1 is 1.03 bits per heavy atom. The van der Waals surface area contributed by atoms with E-state index >= 15 is 0 Å². The molecular formula is C25H22N4O3. The van der Waals surface area contributed by atoms with Gasteiger partial charge in [0.05, 0.1) is 23.4 Å². The topological polar surface area (TPSA) is 96.1 Å². The smallest absolute Gasteiger partial charge is 0.258 e. The Kier molecular flexibility index (Phi) is 5.29. The summed E-state index contributed by atoms with van der Waals surface area (Å²) in [6, 6.07) is 20.9. The van der Waals surface area contributed by atoms with Crippen molar-refractivity contribution in [3.63, 3.8) is 0 Å². The molecular weight excluding hydrogens is 404 g/mol. The largest absolute Gasteiger partial charge is 0.484 e. The SMILES string of the molecule is O=C1CCc2cc(OCC(=O)NC(c3ccccc3)c3ccc4nc[nH]c4c3)ccc2N1. The molecule has 0 aliphatic carbocycles. The number of H-pyrrole nitrogens is 1. The molecule has 0 saturated carbocycles. The first kappa shape index (κ1) is 19.8. The lowest BCUT2D eigenvalue weighted by atomic mass is 9.98.